The van der Waals surface area contributed by atoms with Crippen LogP contribution in [0.3, 0.4) is 0 Å². The van der Waals surface area contributed by atoms with Crippen LogP contribution in [0, 0.1) is 5.92 Å². The van der Waals surface area contributed by atoms with Gasteiger partial charge in [0.15, 0.2) is 18.0 Å². The number of esters is 4. The van der Waals surface area contributed by atoms with Crippen LogP contribution >= 0.6 is 34.8 Å². The monoisotopic (exact) mass is 603 g/mol. The zero-order valence-corrected chi connectivity index (χ0v) is 23.5. The summed E-state index contributed by atoms with van der Waals surface area (Å²) in [5, 5.41) is 14.1. The van der Waals surface area contributed by atoms with Crippen LogP contribution in [-0.2, 0) is 52.4 Å². The van der Waals surface area contributed by atoms with Crippen molar-refractivity contribution < 1.29 is 57.5 Å². The number of fused-ring (bicyclic) bond motifs is 2. The maximum Gasteiger partial charge on any atom is 0.350 e. The van der Waals surface area contributed by atoms with Crippen LogP contribution in [0.5, 0.6) is 0 Å². The summed E-state index contributed by atoms with van der Waals surface area (Å²) in [5.74, 6) is -8.03. The van der Waals surface area contributed by atoms with E-state index in [1.54, 1.807) is 13.8 Å². The van der Waals surface area contributed by atoms with Gasteiger partial charge in [-0.25, -0.2) is 4.79 Å². The molecule has 3 rings (SSSR count). The van der Waals surface area contributed by atoms with Crippen molar-refractivity contribution in [1.29, 1.82) is 0 Å². The van der Waals surface area contributed by atoms with E-state index in [0.29, 0.717) is 0 Å². The number of aliphatic hydroxyl groups is 1. The lowest BCUT2D eigenvalue weighted by molar-refractivity contribution is -0.307. The number of carbonyl (C=O) groups is 5. The third-order valence-electron chi connectivity index (χ3n) is 6.55. The van der Waals surface area contributed by atoms with Crippen molar-refractivity contribution in [1.82, 2.24) is 5.32 Å². The summed E-state index contributed by atoms with van der Waals surface area (Å²) in [4.78, 5) is 63.2. The second-order valence-electron chi connectivity index (χ2n) is 9.91. The fraction of sp³-hybridized carbons (Fsp3) is 0.773. The van der Waals surface area contributed by atoms with Gasteiger partial charge >= 0.3 is 23.9 Å². The van der Waals surface area contributed by atoms with Gasteiger partial charge in [-0.05, 0) is 20.8 Å². The van der Waals surface area contributed by atoms with Crippen molar-refractivity contribution in [2.75, 3.05) is 6.61 Å². The minimum Gasteiger partial charge on any atom is -0.456 e. The standard InChI is InChI=1S/C22H28Cl3NO12/c1-8(27)34-14-15(35-9(2)28)21(26-18(31)22(23,24)25)12(11-7-33-19(4,5)38-11)13(20(14,6)32)37-17(30)16(21)36-10(3)29/h11-16,32H,7H2,1-6H3,(H,26,31)/t11-,12+,13-,14?,15-,16-,20+,21-/m1/s1. The van der Waals surface area contributed by atoms with Crippen LogP contribution < -0.4 is 5.32 Å². The average Bonchev–Trinajstić information content (AvgIpc) is 3.09. The summed E-state index contributed by atoms with van der Waals surface area (Å²) >= 11 is 17.5. The van der Waals surface area contributed by atoms with E-state index in [4.69, 9.17) is 63.2 Å². The van der Waals surface area contributed by atoms with Gasteiger partial charge in [-0.3, -0.25) is 19.2 Å². The Kier molecular flexibility index (Phi) is 8.27. The molecule has 1 amide bonds. The number of nitrogens with one attached hydrogen (secondary N) is 1. The number of halogens is 3. The van der Waals surface area contributed by atoms with E-state index in [1.807, 2.05) is 0 Å². The second-order valence-corrected chi connectivity index (χ2v) is 12.2. The molecule has 1 aliphatic carbocycles. The molecule has 0 radical (unpaired) electrons. The van der Waals surface area contributed by atoms with Gasteiger partial charge in [-0.1, -0.05) is 34.8 Å². The van der Waals surface area contributed by atoms with Crippen molar-refractivity contribution in [2.45, 2.75) is 92.8 Å². The van der Waals surface area contributed by atoms with Gasteiger partial charge < -0.3 is 38.8 Å². The average molecular weight is 605 g/mol. The van der Waals surface area contributed by atoms with Gasteiger partial charge in [0.1, 0.15) is 17.2 Å². The second kappa shape index (κ2) is 10.3. The fourth-order valence-corrected chi connectivity index (χ4v) is 5.45. The SMILES string of the molecule is CC(=O)OC1[C@@H](OC(C)=O)[C@]2(NC(=O)C(Cl)(Cl)Cl)[C@@H]([C@H]3COC(C)(C)O3)[C@@H](OC(=O)[C@H]2OC(C)=O)[C@]1(C)O. The number of amides is 1. The molecule has 1 unspecified atom stereocenters. The molecule has 2 heterocycles. The lowest BCUT2D eigenvalue weighted by Gasteiger charge is -2.62. The van der Waals surface area contributed by atoms with Gasteiger partial charge in [-0.2, -0.15) is 0 Å². The minimum absolute atomic E-state index is 0.176. The molecule has 214 valence electrons. The molecule has 2 N–H and O–H groups in total. The Labute approximate surface area is 232 Å². The Bertz CT molecular complexity index is 1030. The molecule has 0 aromatic rings. The zero-order chi connectivity index (χ0) is 29.0. The Morgan fingerprint density at radius 3 is 1.95 bits per heavy atom. The van der Waals surface area contributed by atoms with Gasteiger partial charge in [0.25, 0.3) is 9.70 Å². The largest absolute Gasteiger partial charge is 0.456 e. The highest BCUT2D eigenvalue weighted by atomic mass is 35.6. The zero-order valence-electron chi connectivity index (χ0n) is 21.2. The van der Waals surface area contributed by atoms with Crippen LogP contribution in [0.4, 0.5) is 0 Å². The van der Waals surface area contributed by atoms with E-state index >= 15 is 0 Å². The predicted molar refractivity (Wildman–Crippen MR) is 127 cm³/mol. The Morgan fingerprint density at radius 1 is 0.974 bits per heavy atom. The fourth-order valence-electron chi connectivity index (χ4n) is 5.31. The Balaban J connectivity index is 2.40. The molecule has 2 bridgehead atoms. The Hall–Kier alpha value is -1.90. The third kappa shape index (κ3) is 5.54. The first-order valence-electron chi connectivity index (χ1n) is 11.4. The van der Waals surface area contributed by atoms with Crippen LogP contribution in [0.15, 0.2) is 0 Å². The maximum atomic E-state index is 13.3. The van der Waals surface area contributed by atoms with Crippen molar-refractivity contribution >= 4 is 64.6 Å². The lowest BCUT2D eigenvalue weighted by atomic mass is 9.56. The Morgan fingerprint density at radius 2 is 1.50 bits per heavy atom. The number of hydrogen-bond acceptors (Lipinski definition) is 12. The van der Waals surface area contributed by atoms with E-state index in [0.717, 1.165) is 20.8 Å². The molecule has 8 atom stereocenters. The molecule has 0 aromatic heterocycles. The summed E-state index contributed by atoms with van der Waals surface area (Å²) in [5.41, 5.74) is -4.62. The summed E-state index contributed by atoms with van der Waals surface area (Å²) in [6, 6.07) is 0. The van der Waals surface area contributed by atoms with Crippen molar-refractivity contribution in [3.8, 4) is 0 Å². The number of rotatable bonds is 5. The van der Waals surface area contributed by atoms with Crippen LogP contribution in [0.2, 0.25) is 0 Å². The number of alkyl halides is 3. The molecule has 0 spiro atoms. The molecule has 16 heteroatoms. The molecule has 2 saturated heterocycles. The molecular weight excluding hydrogens is 577 g/mol. The topological polar surface area (TPSA) is 173 Å². The summed E-state index contributed by atoms with van der Waals surface area (Å²) < 4.78 is 30.8. The molecule has 38 heavy (non-hydrogen) atoms. The summed E-state index contributed by atoms with van der Waals surface area (Å²) in [7, 11) is 0. The van der Waals surface area contributed by atoms with Crippen molar-refractivity contribution in [3.63, 3.8) is 0 Å². The normalized spacial score (nSPS) is 38.0. The first kappa shape index (κ1) is 30.6. The van der Waals surface area contributed by atoms with Gasteiger partial charge in [-0.15, -0.1) is 0 Å². The first-order valence-corrected chi connectivity index (χ1v) is 12.5. The van der Waals surface area contributed by atoms with Crippen LogP contribution in [0.25, 0.3) is 0 Å². The molecule has 13 nitrogen and oxygen atoms in total. The van der Waals surface area contributed by atoms with Crippen LogP contribution in [-0.4, -0.2) is 92.7 Å². The molecular formula is C22H28Cl3NO12. The highest BCUT2D eigenvalue weighted by molar-refractivity contribution is 6.76. The van der Waals surface area contributed by atoms with Gasteiger partial charge in [0, 0.05) is 20.8 Å². The summed E-state index contributed by atoms with van der Waals surface area (Å²) in [6.07, 6.45) is -8.46. The summed E-state index contributed by atoms with van der Waals surface area (Å²) in [6.45, 7) is 7.14. The minimum atomic E-state index is -2.64. The molecule has 3 aliphatic rings. The molecule has 1 saturated carbocycles. The van der Waals surface area contributed by atoms with Crippen molar-refractivity contribution in [2.24, 2.45) is 5.92 Å². The lowest BCUT2D eigenvalue weighted by Crippen LogP contribution is -2.87. The van der Waals surface area contributed by atoms with E-state index in [9.17, 15) is 29.1 Å². The number of carbonyl (C=O) groups excluding carboxylic acids is 5. The van der Waals surface area contributed by atoms with E-state index < -0.39 is 86.9 Å². The van der Waals surface area contributed by atoms with Crippen LogP contribution in [0.1, 0.15) is 41.5 Å². The third-order valence-corrected chi connectivity index (χ3v) is 7.07. The highest BCUT2D eigenvalue weighted by Crippen LogP contribution is 2.53. The van der Waals surface area contributed by atoms with E-state index in [-0.39, 0.29) is 6.61 Å². The van der Waals surface area contributed by atoms with E-state index in [2.05, 4.69) is 5.32 Å². The number of ether oxygens (including phenoxy) is 6. The van der Waals surface area contributed by atoms with Gasteiger partial charge in [0.2, 0.25) is 6.10 Å². The smallest absolute Gasteiger partial charge is 0.350 e. The highest BCUT2D eigenvalue weighted by Gasteiger charge is 2.78. The molecule has 3 fully saturated rings. The number of hydrogen-bond donors (Lipinski definition) is 2. The first-order chi connectivity index (χ1) is 17.2. The molecule has 2 aliphatic heterocycles. The maximum absolute atomic E-state index is 13.3. The van der Waals surface area contributed by atoms with Crippen molar-refractivity contribution in [3.05, 3.63) is 0 Å². The quantitative estimate of drug-likeness (QED) is 0.253. The predicted octanol–water partition coefficient (Wildman–Crippen LogP) is 0.464. The van der Waals surface area contributed by atoms with Gasteiger partial charge in [0.05, 0.1) is 18.6 Å². The molecule has 0 aromatic carbocycles. The van der Waals surface area contributed by atoms with E-state index in [1.165, 1.54) is 6.92 Å².